The maximum absolute atomic E-state index is 10.6. The molecule has 4 heteroatoms. The van der Waals surface area contributed by atoms with Crippen LogP contribution in [0.2, 0.25) is 0 Å². The van der Waals surface area contributed by atoms with Crippen molar-refractivity contribution < 1.29 is 9.53 Å². The second-order valence-corrected chi connectivity index (χ2v) is 1.79. The Kier molecular flexibility index (Phi) is 2.04. The lowest BCUT2D eigenvalue weighted by atomic mass is 10.4. The SMILES string of the molecule is COC(=O)Cc1ncc[nH]1. The summed E-state index contributed by atoms with van der Waals surface area (Å²) in [6.07, 6.45) is 3.47. The molecule has 0 amide bonds. The number of carbonyl (C=O) groups is 1. The number of carbonyl (C=O) groups excluding carboxylic acids is 1. The van der Waals surface area contributed by atoms with Crippen LogP contribution in [-0.2, 0) is 16.0 Å². The van der Waals surface area contributed by atoms with Gasteiger partial charge in [0.15, 0.2) is 0 Å². The molecule has 0 radical (unpaired) electrons. The molecule has 54 valence electrons. The Hall–Kier alpha value is -1.32. The number of hydrogen-bond acceptors (Lipinski definition) is 3. The van der Waals surface area contributed by atoms with E-state index in [1.165, 1.54) is 7.11 Å². The molecule has 1 aromatic heterocycles. The Morgan fingerprint density at radius 1 is 1.90 bits per heavy atom. The van der Waals surface area contributed by atoms with Gasteiger partial charge in [-0.25, -0.2) is 4.98 Å². The zero-order valence-electron chi connectivity index (χ0n) is 5.63. The largest absolute Gasteiger partial charge is 0.469 e. The fourth-order valence-electron chi connectivity index (χ4n) is 0.604. The van der Waals surface area contributed by atoms with Gasteiger partial charge in [0, 0.05) is 12.4 Å². The van der Waals surface area contributed by atoms with Crippen LogP contribution in [0.1, 0.15) is 5.82 Å². The molecule has 4 nitrogen and oxygen atoms in total. The highest BCUT2D eigenvalue weighted by Crippen LogP contribution is 1.90. The molecule has 0 unspecified atom stereocenters. The van der Waals surface area contributed by atoms with Crippen molar-refractivity contribution in [2.24, 2.45) is 0 Å². The molecule has 1 heterocycles. The third-order valence-electron chi connectivity index (χ3n) is 1.09. The molecule has 1 rings (SSSR count). The van der Waals surface area contributed by atoms with Gasteiger partial charge >= 0.3 is 5.97 Å². The molecule has 1 aromatic rings. The van der Waals surface area contributed by atoms with Crippen LogP contribution in [0.3, 0.4) is 0 Å². The topological polar surface area (TPSA) is 55.0 Å². The summed E-state index contributed by atoms with van der Waals surface area (Å²) < 4.78 is 4.42. The fourth-order valence-corrected chi connectivity index (χ4v) is 0.604. The van der Waals surface area contributed by atoms with E-state index < -0.39 is 0 Å². The van der Waals surface area contributed by atoms with Gasteiger partial charge in [0.2, 0.25) is 0 Å². The Bertz CT molecular complexity index is 206. The zero-order chi connectivity index (χ0) is 7.40. The standard InChI is InChI=1S/C6H8N2O2/c1-10-6(9)4-5-7-2-3-8-5/h2-3H,4H2,1H3,(H,7,8). The van der Waals surface area contributed by atoms with Crippen LogP contribution < -0.4 is 0 Å². The molecule has 0 aromatic carbocycles. The quantitative estimate of drug-likeness (QED) is 0.594. The van der Waals surface area contributed by atoms with Crippen LogP contribution >= 0.6 is 0 Å². The molecule has 0 aliphatic rings. The van der Waals surface area contributed by atoms with Gasteiger partial charge in [0.1, 0.15) is 12.2 Å². The highest BCUT2D eigenvalue weighted by Gasteiger charge is 2.02. The average molecular weight is 140 g/mol. The highest BCUT2D eigenvalue weighted by molar-refractivity contribution is 5.71. The third kappa shape index (κ3) is 1.58. The van der Waals surface area contributed by atoms with Gasteiger partial charge in [-0.05, 0) is 0 Å². The van der Waals surface area contributed by atoms with Gasteiger partial charge < -0.3 is 9.72 Å². The Balaban J connectivity index is 2.48. The summed E-state index contributed by atoms with van der Waals surface area (Å²) in [5.41, 5.74) is 0. The number of H-pyrrole nitrogens is 1. The van der Waals surface area contributed by atoms with Crippen LogP contribution in [0.25, 0.3) is 0 Å². The van der Waals surface area contributed by atoms with Crippen molar-refractivity contribution in [3.63, 3.8) is 0 Å². The van der Waals surface area contributed by atoms with E-state index in [2.05, 4.69) is 14.7 Å². The number of methoxy groups -OCH3 is 1. The first-order valence-corrected chi connectivity index (χ1v) is 2.88. The normalized spacial score (nSPS) is 9.30. The van der Waals surface area contributed by atoms with Gasteiger partial charge in [-0.3, -0.25) is 4.79 Å². The minimum atomic E-state index is -0.282. The molecule has 0 aliphatic heterocycles. The number of nitrogens with zero attached hydrogens (tertiary/aromatic N) is 1. The van der Waals surface area contributed by atoms with E-state index in [4.69, 9.17) is 0 Å². The van der Waals surface area contributed by atoms with Crippen LogP contribution in [0.15, 0.2) is 12.4 Å². The number of aromatic amines is 1. The van der Waals surface area contributed by atoms with E-state index in [1.54, 1.807) is 12.4 Å². The second-order valence-electron chi connectivity index (χ2n) is 1.79. The molecule has 0 atom stereocenters. The van der Waals surface area contributed by atoms with Crippen LogP contribution in [-0.4, -0.2) is 23.0 Å². The highest BCUT2D eigenvalue weighted by atomic mass is 16.5. The summed E-state index contributed by atoms with van der Waals surface area (Å²) in [6, 6.07) is 0. The molecular formula is C6H8N2O2. The van der Waals surface area contributed by atoms with E-state index in [-0.39, 0.29) is 12.4 Å². The molecule has 0 spiro atoms. The predicted octanol–water partition coefficient (Wildman–Crippen LogP) is 0.125. The second kappa shape index (κ2) is 3.00. The lowest BCUT2D eigenvalue weighted by Gasteiger charge is -1.93. The van der Waals surface area contributed by atoms with E-state index in [1.807, 2.05) is 0 Å². The molecule has 0 aliphatic carbocycles. The molecular weight excluding hydrogens is 132 g/mol. The summed E-state index contributed by atoms with van der Waals surface area (Å²) in [4.78, 5) is 17.2. The number of imidazole rings is 1. The minimum absolute atomic E-state index is 0.212. The predicted molar refractivity (Wildman–Crippen MR) is 34.3 cm³/mol. The molecule has 0 saturated heterocycles. The Labute approximate surface area is 58.2 Å². The van der Waals surface area contributed by atoms with Crippen molar-refractivity contribution in [3.8, 4) is 0 Å². The minimum Gasteiger partial charge on any atom is -0.469 e. The first-order chi connectivity index (χ1) is 4.83. The number of rotatable bonds is 2. The van der Waals surface area contributed by atoms with E-state index in [0.717, 1.165) is 0 Å². The maximum atomic E-state index is 10.6. The lowest BCUT2D eigenvalue weighted by Crippen LogP contribution is -2.05. The number of aromatic nitrogens is 2. The fraction of sp³-hybridized carbons (Fsp3) is 0.333. The Morgan fingerprint density at radius 3 is 3.20 bits per heavy atom. The summed E-state index contributed by atoms with van der Waals surface area (Å²) in [5.74, 6) is 0.349. The van der Waals surface area contributed by atoms with E-state index in [9.17, 15) is 4.79 Å². The van der Waals surface area contributed by atoms with Gasteiger partial charge in [0.05, 0.1) is 7.11 Å². The van der Waals surface area contributed by atoms with Crippen molar-refractivity contribution in [1.29, 1.82) is 0 Å². The summed E-state index contributed by atoms with van der Waals surface area (Å²) >= 11 is 0. The first-order valence-electron chi connectivity index (χ1n) is 2.88. The molecule has 10 heavy (non-hydrogen) atoms. The summed E-state index contributed by atoms with van der Waals surface area (Å²) in [5, 5.41) is 0. The van der Waals surface area contributed by atoms with Crippen molar-refractivity contribution in [3.05, 3.63) is 18.2 Å². The van der Waals surface area contributed by atoms with Gasteiger partial charge in [0.25, 0.3) is 0 Å². The smallest absolute Gasteiger partial charge is 0.313 e. The first kappa shape index (κ1) is 6.80. The van der Waals surface area contributed by atoms with Crippen molar-refractivity contribution >= 4 is 5.97 Å². The van der Waals surface area contributed by atoms with Gasteiger partial charge in [-0.15, -0.1) is 0 Å². The number of esters is 1. The van der Waals surface area contributed by atoms with Crippen molar-refractivity contribution in [2.45, 2.75) is 6.42 Å². The van der Waals surface area contributed by atoms with Crippen molar-refractivity contribution in [2.75, 3.05) is 7.11 Å². The summed E-state index contributed by atoms with van der Waals surface area (Å²) in [6.45, 7) is 0. The summed E-state index contributed by atoms with van der Waals surface area (Å²) in [7, 11) is 1.35. The zero-order valence-corrected chi connectivity index (χ0v) is 5.63. The van der Waals surface area contributed by atoms with Gasteiger partial charge in [-0.1, -0.05) is 0 Å². The number of ether oxygens (including phenoxy) is 1. The maximum Gasteiger partial charge on any atom is 0.313 e. The number of nitrogens with one attached hydrogen (secondary N) is 1. The van der Waals surface area contributed by atoms with Gasteiger partial charge in [-0.2, -0.15) is 0 Å². The van der Waals surface area contributed by atoms with Crippen molar-refractivity contribution in [1.82, 2.24) is 9.97 Å². The molecule has 0 bridgehead atoms. The molecule has 0 fully saturated rings. The Morgan fingerprint density at radius 2 is 2.70 bits per heavy atom. The van der Waals surface area contributed by atoms with E-state index >= 15 is 0 Å². The third-order valence-corrected chi connectivity index (χ3v) is 1.09. The van der Waals surface area contributed by atoms with Crippen LogP contribution in [0.4, 0.5) is 0 Å². The number of hydrogen-bond donors (Lipinski definition) is 1. The van der Waals surface area contributed by atoms with Crippen LogP contribution in [0.5, 0.6) is 0 Å². The van der Waals surface area contributed by atoms with Crippen LogP contribution in [0, 0.1) is 0 Å². The van der Waals surface area contributed by atoms with E-state index in [0.29, 0.717) is 5.82 Å². The molecule has 1 N–H and O–H groups in total. The lowest BCUT2D eigenvalue weighted by molar-refractivity contribution is -0.139. The molecule has 0 saturated carbocycles. The monoisotopic (exact) mass is 140 g/mol. The average Bonchev–Trinajstić information content (AvgIpc) is 2.40.